The smallest absolute Gasteiger partial charge is 0.387 e. The fourth-order valence-corrected chi connectivity index (χ4v) is 0.830. The Morgan fingerprint density at radius 2 is 2.08 bits per heavy atom. The number of aldehydes is 1. The fraction of sp³-hybridized carbons (Fsp3) is 0.125. The van der Waals surface area contributed by atoms with Crippen LogP contribution in [0.1, 0.15) is 10.4 Å². The number of rotatable bonds is 3. The van der Waals surface area contributed by atoms with Gasteiger partial charge in [-0.1, -0.05) is 6.07 Å². The molecule has 5 heteroatoms. The summed E-state index contributed by atoms with van der Waals surface area (Å²) in [4.78, 5) is 10.3. The van der Waals surface area contributed by atoms with Gasteiger partial charge in [-0.3, -0.25) is 4.79 Å². The van der Waals surface area contributed by atoms with E-state index in [0.29, 0.717) is 0 Å². The van der Waals surface area contributed by atoms with Crippen LogP contribution in [-0.2, 0) is 0 Å². The number of hydrogen-bond donors (Lipinski definition) is 0. The summed E-state index contributed by atoms with van der Waals surface area (Å²) in [5, 5.41) is 0. The molecule has 1 aromatic carbocycles. The summed E-state index contributed by atoms with van der Waals surface area (Å²) in [5.74, 6) is -1.34. The zero-order valence-electron chi connectivity index (χ0n) is 6.34. The van der Waals surface area contributed by atoms with Crippen molar-refractivity contribution in [2.75, 3.05) is 0 Å². The van der Waals surface area contributed by atoms with E-state index in [4.69, 9.17) is 0 Å². The quantitative estimate of drug-likeness (QED) is 0.683. The first-order chi connectivity index (χ1) is 6.15. The SMILES string of the molecule is O=Cc1c(F)cccc1OC(F)F. The summed E-state index contributed by atoms with van der Waals surface area (Å²) in [6.45, 7) is -3.07. The number of ether oxygens (including phenoxy) is 1. The van der Waals surface area contributed by atoms with E-state index in [1.165, 1.54) is 6.07 Å². The Balaban J connectivity index is 3.05. The largest absolute Gasteiger partial charge is 0.434 e. The third-order valence-corrected chi connectivity index (χ3v) is 1.35. The Bertz CT molecular complexity index is 312. The van der Waals surface area contributed by atoms with Crippen molar-refractivity contribution >= 4 is 6.29 Å². The molecule has 0 N–H and O–H groups in total. The Kier molecular flexibility index (Phi) is 2.89. The molecule has 0 heterocycles. The van der Waals surface area contributed by atoms with Crippen LogP contribution in [0.4, 0.5) is 13.2 Å². The van der Waals surface area contributed by atoms with Crippen molar-refractivity contribution in [1.82, 2.24) is 0 Å². The maximum absolute atomic E-state index is 12.7. The molecular formula is C8H5F3O2. The van der Waals surface area contributed by atoms with Gasteiger partial charge in [0.1, 0.15) is 11.6 Å². The van der Waals surface area contributed by atoms with Crippen LogP contribution in [0.15, 0.2) is 18.2 Å². The van der Waals surface area contributed by atoms with Gasteiger partial charge in [-0.2, -0.15) is 8.78 Å². The van der Waals surface area contributed by atoms with Crippen molar-refractivity contribution in [3.8, 4) is 5.75 Å². The molecule has 0 atom stereocenters. The van der Waals surface area contributed by atoms with Crippen LogP contribution in [0.5, 0.6) is 5.75 Å². The molecule has 13 heavy (non-hydrogen) atoms. The maximum Gasteiger partial charge on any atom is 0.387 e. The molecule has 70 valence electrons. The van der Waals surface area contributed by atoms with Crippen LogP contribution < -0.4 is 4.74 Å². The molecule has 0 amide bonds. The molecule has 1 aromatic rings. The molecule has 0 aliphatic carbocycles. The first-order valence-electron chi connectivity index (χ1n) is 3.33. The highest BCUT2D eigenvalue weighted by atomic mass is 19.3. The number of hydrogen-bond acceptors (Lipinski definition) is 2. The first kappa shape index (κ1) is 9.57. The van der Waals surface area contributed by atoms with E-state index in [9.17, 15) is 18.0 Å². The zero-order valence-corrected chi connectivity index (χ0v) is 6.34. The summed E-state index contributed by atoms with van der Waals surface area (Å²) < 4.78 is 40.1. The van der Waals surface area contributed by atoms with Gasteiger partial charge in [0.2, 0.25) is 0 Å². The van der Waals surface area contributed by atoms with Crippen molar-refractivity contribution < 1.29 is 22.7 Å². The lowest BCUT2D eigenvalue weighted by molar-refractivity contribution is -0.0502. The molecular weight excluding hydrogens is 185 g/mol. The van der Waals surface area contributed by atoms with E-state index < -0.39 is 23.7 Å². The molecule has 0 saturated heterocycles. The van der Waals surface area contributed by atoms with E-state index in [1.807, 2.05) is 0 Å². The Hall–Kier alpha value is -1.52. The van der Waals surface area contributed by atoms with Crippen LogP contribution in [0.2, 0.25) is 0 Å². The van der Waals surface area contributed by atoms with Gasteiger partial charge in [-0.15, -0.1) is 0 Å². The topological polar surface area (TPSA) is 26.3 Å². The van der Waals surface area contributed by atoms with Gasteiger partial charge in [-0.05, 0) is 12.1 Å². The highest BCUT2D eigenvalue weighted by molar-refractivity contribution is 5.79. The summed E-state index contributed by atoms with van der Waals surface area (Å²) in [6, 6.07) is 3.26. The lowest BCUT2D eigenvalue weighted by Gasteiger charge is -2.06. The number of benzene rings is 1. The number of halogens is 3. The first-order valence-corrected chi connectivity index (χ1v) is 3.33. The normalized spacial score (nSPS) is 10.2. The molecule has 0 saturated carbocycles. The Morgan fingerprint density at radius 1 is 1.38 bits per heavy atom. The molecule has 0 spiro atoms. The highest BCUT2D eigenvalue weighted by Gasteiger charge is 2.12. The van der Waals surface area contributed by atoms with Crippen LogP contribution in [0.3, 0.4) is 0 Å². The fourth-order valence-electron chi connectivity index (χ4n) is 0.830. The molecule has 1 rings (SSSR count). The average molecular weight is 190 g/mol. The van der Waals surface area contributed by atoms with Crippen LogP contribution >= 0.6 is 0 Å². The second-order valence-corrected chi connectivity index (χ2v) is 2.15. The average Bonchev–Trinajstić information content (AvgIpc) is 2.03. The summed E-state index contributed by atoms with van der Waals surface area (Å²) in [6.07, 6.45) is 0.132. The van der Waals surface area contributed by atoms with Crippen molar-refractivity contribution in [2.24, 2.45) is 0 Å². The van der Waals surface area contributed by atoms with Crippen molar-refractivity contribution in [1.29, 1.82) is 0 Å². The minimum atomic E-state index is -3.07. The second-order valence-electron chi connectivity index (χ2n) is 2.15. The molecule has 0 aliphatic rings. The monoisotopic (exact) mass is 190 g/mol. The van der Waals surface area contributed by atoms with Gasteiger partial charge < -0.3 is 4.74 Å². The van der Waals surface area contributed by atoms with Crippen molar-refractivity contribution in [3.05, 3.63) is 29.6 Å². The molecule has 0 unspecified atom stereocenters. The van der Waals surface area contributed by atoms with E-state index >= 15 is 0 Å². The maximum atomic E-state index is 12.7. The predicted molar refractivity (Wildman–Crippen MR) is 38.4 cm³/mol. The van der Waals surface area contributed by atoms with Gasteiger partial charge in [0.25, 0.3) is 0 Å². The van der Waals surface area contributed by atoms with Gasteiger partial charge in [0, 0.05) is 0 Å². The predicted octanol–water partition coefficient (Wildman–Crippen LogP) is 2.24. The van der Waals surface area contributed by atoms with E-state index in [0.717, 1.165) is 12.1 Å². The summed E-state index contributed by atoms with van der Waals surface area (Å²) in [7, 11) is 0. The Morgan fingerprint density at radius 3 is 2.62 bits per heavy atom. The lowest BCUT2D eigenvalue weighted by Crippen LogP contribution is -2.05. The van der Waals surface area contributed by atoms with Crippen LogP contribution in [0, 0.1) is 5.82 Å². The van der Waals surface area contributed by atoms with Crippen molar-refractivity contribution in [3.63, 3.8) is 0 Å². The van der Waals surface area contributed by atoms with E-state index in [-0.39, 0.29) is 6.29 Å². The molecule has 2 nitrogen and oxygen atoms in total. The van der Waals surface area contributed by atoms with E-state index in [2.05, 4.69) is 4.74 Å². The molecule has 0 aliphatic heterocycles. The number of carbonyl (C=O) groups excluding carboxylic acids is 1. The van der Waals surface area contributed by atoms with Crippen molar-refractivity contribution in [2.45, 2.75) is 6.61 Å². The highest BCUT2D eigenvalue weighted by Crippen LogP contribution is 2.21. The molecule has 0 fully saturated rings. The van der Waals surface area contributed by atoms with Gasteiger partial charge in [-0.25, -0.2) is 4.39 Å². The Labute approximate surface area is 71.9 Å². The lowest BCUT2D eigenvalue weighted by atomic mass is 10.2. The standard InChI is InChI=1S/C8H5F3O2/c9-6-2-1-3-7(5(6)4-12)13-8(10)11/h1-4,8H. The second kappa shape index (κ2) is 3.93. The van der Waals surface area contributed by atoms with Gasteiger partial charge in [0.15, 0.2) is 6.29 Å². The van der Waals surface area contributed by atoms with Crippen LogP contribution in [0.25, 0.3) is 0 Å². The minimum Gasteiger partial charge on any atom is -0.434 e. The van der Waals surface area contributed by atoms with Gasteiger partial charge in [0.05, 0.1) is 5.56 Å². The minimum absolute atomic E-state index is 0.132. The molecule has 0 bridgehead atoms. The summed E-state index contributed by atoms with van der Waals surface area (Å²) in [5.41, 5.74) is -0.497. The third-order valence-electron chi connectivity index (χ3n) is 1.35. The molecule has 0 radical (unpaired) electrons. The summed E-state index contributed by atoms with van der Waals surface area (Å²) >= 11 is 0. The molecule has 0 aromatic heterocycles. The zero-order chi connectivity index (χ0) is 9.84. The number of alkyl halides is 2. The number of carbonyl (C=O) groups is 1. The van der Waals surface area contributed by atoms with E-state index in [1.54, 1.807) is 0 Å². The van der Waals surface area contributed by atoms with Crippen LogP contribution in [-0.4, -0.2) is 12.9 Å². The van der Waals surface area contributed by atoms with Gasteiger partial charge >= 0.3 is 6.61 Å². The third kappa shape index (κ3) is 2.21.